The first-order chi connectivity index (χ1) is 11.0. The molecule has 1 aromatic heterocycles. The molecule has 5 heteroatoms. The van der Waals surface area contributed by atoms with E-state index in [1.807, 2.05) is 24.9 Å². The first-order valence-electron chi connectivity index (χ1n) is 8.65. The molecule has 2 aliphatic rings. The van der Waals surface area contributed by atoms with E-state index in [2.05, 4.69) is 16.4 Å². The Balaban J connectivity index is 1.55. The Hall–Kier alpha value is -1.62. The van der Waals surface area contributed by atoms with Gasteiger partial charge in [0, 0.05) is 37.4 Å². The molecule has 1 saturated carbocycles. The Bertz CT molecular complexity index is 590. The highest BCUT2D eigenvalue weighted by molar-refractivity contribution is 5.74. The van der Waals surface area contributed by atoms with Gasteiger partial charge >= 0.3 is 6.03 Å². The molecule has 1 aliphatic carbocycles. The molecule has 3 rings (SSSR count). The summed E-state index contributed by atoms with van der Waals surface area (Å²) in [5, 5.41) is 13.7. The number of hydrogen-bond donors (Lipinski definition) is 2. The van der Waals surface area contributed by atoms with Crippen LogP contribution in [0.2, 0.25) is 0 Å². The van der Waals surface area contributed by atoms with E-state index in [1.54, 1.807) is 0 Å². The molecule has 1 saturated heterocycles. The average molecular weight is 317 g/mol. The van der Waals surface area contributed by atoms with Crippen molar-refractivity contribution in [3.63, 3.8) is 0 Å². The van der Waals surface area contributed by atoms with Crippen molar-refractivity contribution in [2.75, 3.05) is 13.1 Å². The lowest BCUT2D eigenvalue weighted by atomic mass is 9.71. The minimum absolute atomic E-state index is 0.0316. The minimum Gasteiger partial charge on any atom is -0.389 e. The van der Waals surface area contributed by atoms with E-state index in [1.165, 1.54) is 0 Å². The highest BCUT2D eigenvalue weighted by atomic mass is 16.3. The number of nitrogens with zero attached hydrogens (tertiary/aromatic N) is 2. The summed E-state index contributed by atoms with van der Waals surface area (Å²) in [6.45, 7) is 5.83. The van der Waals surface area contributed by atoms with E-state index >= 15 is 0 Å². The van der Waals surface area contributed by atoms with Crippen molar-refractivity contribution in [2.45, 2.75) is 58.1 Å². The third-order valence-corrected chi connectivity index (χ3v) is 5.56. The van der Waals surface area contributed by atoms with Crippen LogP contribution < -0.4 is 5.32 Å². The fraction of sp³-hybridized carbons (Fsp3) is 0.667. The molecule has 2 N–H and O–H groups in total. The van der Waals surface area contributed by atoms with Crippen molar-refractivity contribution in [1.29, 1.82) is 0 Å². The Morgan fingerprint density at radius 2 is 2.26 bits per heavy atom. The average Bonchev–Trinajstić information content (AvgIpc) is 2.54. The van der Waals surface area contributed by atoms with Crippen LogP contribution in [0.4, 0.5) is 4.79 Å². The molecule has 2 fully saturated rings. The minimum atomic E-state index is -0.535. The predicted octanol–water partition coefficient (Wildman–Crippen LogP) is 2.54. The van der Waals surface area contributed by atoms with E-state index in [4.69, 9.17) is 0 Å². The lowest BCUT2D eigenvalue weighted by molar-refractivity contribution is -0.0870. The zero-order valence-corrected chi connectivity index (χ0v) is 14.1. The second kappa shape index (κ2) is 6.48. The van der Waals surface area contributed by atoms with Gasteiger partial charge in [0.2, 0.25) is 0 Å². The van der Waals surface area contributed by atoms with Crippen LogP contribution in [0.3, 0.4) is 0 Å². The SMILES string of the molecule is Cc1cc(CNC(=O)N2CC[C@@]3(O)CCCC[C@@H]3C2)cnc1C. The number of fused-ring (bicyclic) bond motifs is 1. The molecule has 0 radical (unpaired) electrons. The molecule has 0 unspecified atom stereocenters. The normalized spacial score (nSPS) is 27.4. The first kappa shape index (κ1) is 16.2. The van der Waals surface area contributed by atoms with E-state index in [0.717, 1.165) is 42.5 Å². The Morgan fingerprint density at radius 1 is 1.43 bits per heavy atom. The van der Waals surface area contributed by atoms with Crippen LogP contribution in [-0.4, -0.2) is 39.7 Å². The monoisotopic (exact) mass is 317 g/mol. The molecule has 1 aromatic rings. The van der Waals surface area contributed by atoms with Crippen LogP contribution in [0.25, 0.3) is 0 Å². The first-order valence-corrected chi connectivity index (χ1v) is 8.65. The van der Waals surface area contributed by atoms with Crippen molar-refractivity contribution in [3.8, 4) is 0 Å². The summed E-state index contributed by atoms with van der Waals surface area (Å²) in [5.74, 6) is 0.235. The topological polar surface area (TPSA) is 65.5 Å². The highest BCUT2D eigenvalue weighted by Crippen LogP contribution is 2.39. The smallest absolute Gasteiger partial charge is 0.317 e. The summed E-state index contributed by atoms with van der Waals surface area (Å²) in [6, 6.07) is 2.04. The van der Waals surface area contributed by atoms with Crippen molar-refractivity contribution in [2.24, 2.45) is 5.92 Å². The second-order valence-electron chi connectivity index (χ2n) is 7.15. The largest absolute Gasteiger partial charge is 0.389 e. The van der Waals surface area contributed by atoms with Gasteiger partial charge in [0.1, 0.15) is 0 Å². The molecule has 2 amide bonds. The maximum atomic E-state index is 12.4. The quantitative estimate of drug-likeness (QED) is 0.881. The third-order valence-electron chi connectivity index (χ3n) is 5.56. The van der Waals surface area contributed by atoms with Crippen molar-refractivity contribution in [3.05, 3.63) is 29.1 Å². The number of hydrogen-bond acceptors (Lipinski definition) is 3. The van der Waals surface area contributed by atoms with Gasteiger partial charge in [-0.1, -0.05) is 18.9 Å². The van der Waals surface area contributed by atoms with E-state index in [9.17, 15) is 9.90 Å². The van der Waals surface area contributed by atoms with E-state index in [-0.39, 0.29) is 11.9 Å². The van der Waals surface area contributed by atoms with Gasteiger partial charge in [-0.05, 0) is 44.2 Å². The molecule has 23 heavy (non-hydrogen) atoms. The summed E-state index contributed by atoms with van der Waals surface area (Å²) in [4.78, 5) is 18.6. The second-order valence-corrected chi connectivity index (χ2v) is 7.15. The summed E-state index contributed by atoms with van der Waals surface area (Å²) in [6.07, 6.45) is 6.72. The number of amides is 2. The number of aliphatic hydroxyl groups is 1. The molecule has 126 valence electrons. The van der Waals surface area contributed by atoms with Crippen LogP contribution >= 0.6 is 0 Å². The summed E-state index contributed by atoms with van der Waals surface area (Å²) < 4.78 is 0. The number of likely N-dealkylation sites (tertiary alicyclic amines) is 1. The molecule has 2 heterocycles. The predicted molar refractivity (Wildman–Crippen MR) is 89.0 cm³/mol. The van der Waals surface area contributed by atoms with Gasteiger partial charge in [-0.3, -0.25) is 4.98 Å². The number of urea groups is 1. The zero-order valence-electron chi connectivity index (χ0n) is 14.1. The van der Waals surface area contributed by atoms with Crippen LogP contribution in [0.15, 0.2) is 12.3 Å². The van der Waals surface area contributed by atoms with Gasteiger partial charge in [-0.25, -0.2) is 4.79 Å². The summed E-state index contributed by atoms with van der Waals surface area (Å²) >= 11 is 0. The van der Waals surface area contributed by atoms with Crippen molar-refractivity contribution < 1.29 is 9.90 Å². The van der Waals surface area contributed by atoms with Crippen molar-refractivity contribution >= 4 is 6.03 Å². The molecule has 1 aliphatic heterocycles. The van der Waals surface area contributed by atoms with Gasteiger partial charge in [0.15, 0.2) is 0 Å². The van der Waals surface area contributed by atoms with Crippen LogP contribution in [0.5, 0.6) is 0 Å². The van der Waals surface area contributed by atoms with Gasteiger partial charge in [-0.2, -0.15) is 0 Å². The highest BCUT2D eigenvalue weighted by Gasteiger charge is 2.43. The number of carbonyl (C=O) groups is 1. The molecule has 0 aromatic carbocycles. The van der Waals surface area contributed by atoms with Crippen LogP contribution in [0, 0.1) is 19.8 Å². The molecular formula is C18H27N3O2. The number of aryl methyl sites for hydroxylation is 2. The Kier molecular flexibility index (Phi) is 4.57. The maximum absolute atomic E-state index is 12.4. The van der Waals surface area contributed by atoms with Crippen LogP contribution in [-0.2, 0) is 6.54 Å². The zero-order chi connectivity index (χ0) is 16.4. The van der Waals surface area contributed by atoms with Gasteiger partial charge in [0.25, 0.3) is 0 Å². The number of piperidine rings is 1. The lowest BCUT2D eigenvalue weighted by Gasteiger charge is -2.47. The summed E-state index contributed by atoms with van der Waals surface area (Å²) in [5.41, 5.74) is 2.65. The number of rotatable bonds is 2. The number of carbonyl (C=O) groups excluding carboxylic acids is 1. The molecular weight excluding hydrogens is 290 g/mol. The fourth-order valence-electron chi connectivity index (χ4n) is 3.84. The van der Waals surface area contributed by atoms with Gasteiger partial charge in [0.05, 0.1) is 5.60 Å². The van der Waals surface area contributed by atoms with Gasteiger partial charge in [-0.15, -0.1) is 0 Å². The molecule has 0 spiro atoms. The summed E-state index contributed by atoms with van der Waals surface area (Å²) in [7, 11) is 0. The number of aromatic nitrogens is 1. The number of pyridine rings is 1. The van der Waals surface area contributed by atoms with Crippen LogP contribution in [0.1, 0.15) is 48.9 Å². The Morgan fingerprint density at radius 3 is 3.04 bits per heavy atom. The fourth-order valence-corrected chi connectivity index (χ4v) is 3.84. The molecule has 5 nitrogen and oxygen atoms in total. The van der Waals surface area contributed by atoms with Crippen molar-refractivity contribution in [1.82, 2.24) is 15.2 Å². The standard InChI is InChI=1S/C18H27N3O2/c1-13-9-15(10-19-14(13)2)11-20-17(22)21-8-7-18(23)6-4-3-5-16(18)12-21/h9-10,16,23H,3-8,11-12H2,1-2H3,(H,20,22)/t16-,18+/m1/s1. The lowest BCUT2D eigenvalue weighted by Crippen LogP contribution is -2.56. The molecule has 2 atom stereocenters. The van der Waals surface area contributed by atoms with E-state index < -0.39 is 5.60 Å². The number of nitrogens with one attached hydrogen (secondary N) is 1. The molecule has 0 bridgehead atoms. The third kappa shape index (κ3) is 3.50. The Labute approximate surface area is 138 Å². The van der Waals surface area contributed by atoms with E-state index in [0.29, 0.717) is 26.1 Å². The maximum Gasteiger partial charge on any atom is 0.317 e. The van der Waals surface area contributed by atoms with Gasteiger partial charge < -0.3 is 15.3 Å².